The van der Waals surface area contributed by atoms with Crippen LogP contribution in [0.5, 0.6) is 11.5 Å². The van der Waals surface area contributed by atoms with E-state index in [0.717, 1.165) is 17.2 Å². The number of ether oxygens (including phenoxy) is 2. The zero-order chi connectivity index (χ0) is 21.2. The Morgan fingerprint density at radius 3 is 2.59 bits per heavy atom. The number of nitrogens with zero attached hydrogens (tertiary/aromatic N) is 1. The molecule has 0 radical (unpaired) electrons. The number of aliphatic hydroxyl groups is 1. The minimum Gasteiger partial charge on any atom is -0.494 e. The Kier molecular flexibility index (Phi) is 6.34. The van der Waals surface area contributed by atoms with Gasteiger partial charge in [0, 0.05) is 17.1 Å². The average molecular weight is 422 g/mol. The van der Waals surface area contributed by atoms with Crippen molar-refractivity contribution in [1.29, 1.82) is 0 Å². The number of halogens is 2. The third-order valence-corrected chi connectivity index (χ3v) is 5.75. The molecule has 0 bridgehead atoms. The lowest BCUT2D eigenvalue weighted by Crippen LogP contribution is -2.53. The second kappa shape index (κ2) is 8.59. The summed E-state index contributed by atoms with van der Waals surface area (Å²) < 4.78 is 24.7. The first-order chi connectivity index (χ1) is 13.7. The molecule has 156 valence electrons. The fraction of sp³-hybridized carbons (Fsp3) is 0.409. The SMILES string of the molecule is COc1ccc(C(=O)N2CCCC(O)(COc3cc(C)c(Cl)c(C)c3)C2)cc1F. The van der Waals surface area contributed by atoms with E-state index in [1.165, 1.54) is 24.1 Å². The minimum atomic E-state index is -1.18. The second-order valence-corrected chi connectivity index (χ2v) is 7.94. The summed E-state index contributed by atoms with van der Waals surface area (Å²) in [4.78, 5) is 14.3. The van der Waals surface area contributed by atoms with Crippen LogP contribution in [0.25, 0.3) is 0 Å². The Hall–Kier alpha value is -2.31. The molecule has 1 fully saturated rings. The topological polar surface area (TPSA) is 59.0 Å². The Bertz CT molecular complexity index is 897. The van der Waals surface area contributed by atoms with Gasteiger partial charge >= 0.3 is 0 Å². The second-order valence-electron chi connectivity index (χ2n) is 7.56. The molecule has 2 aromatic rings. The van der Waals surface area contributed by atoms with Crippen molar-refractivity contribution in [3.05, 3.63) is 57.9 Å². The summed E-state index contributed by atoms with van der Waals surface area (Å²) in [5.41, 5.74) is 0.837. The zero-order valence-corrected chi connectivity index (χ0v) is 17.6. The third kappa shape index (κ3) is 4.82. The van der Waals surface area contributed by atoms with Gasteiger partial charge in [-0.3, -0.25) is 4.79 Å². The van der Waals surface area contributed by atoms with E-state index in [1.54, 1.807) is 0 Å². The van der Waals surface area contributed by atoms with Gasteiger partial charge in [-0.25, -0.2) is 4.39 Å². The highest BCUT2D eigenvalue weighted by atomic mass is 35.5. The van der Waals surface area contributed by atoms with E-state index in [0.29, 0.717) is 30.2 Å². The average Bonchev–Trinajstić information content (AvgIpc) is 2.70. The molecular weight excluding hydrogens is 397 g/mol. The van der Waals surface area contributed by atoms with Crippen molar-refractivity contribution < 1.29 is 23.8 Å². The van der Waals surface area contributed by atoms with Crippen molar-refractivity contribution in [3.63, 3.8) is 0 Å². The highest BCUT2D eigenvalue weighted by Crippen LogP contribution is 2.29. The fourth-order valence-electron chi connectivity index (χ4n) is 3.59. The first kappa shape index (κ1) is 21.4. The molecule has 3 rings (SSSR count). The normalized spacial score (nSPS) is 19.2. The number of rotatable bonds is 5. The molecule has 1 saturated heterocycles. The maximum Gasteiger partial charge on any atom is 0.254 e. The van der Waals surface area contributed by atoms with Crippen molar-refractivity contribution in [2.24, 2.45) is 0 Å². The summed E-state index contributed by atoms with van der Waals surface area (Å²) >= 11 is 6.18. The molecule has 0 aromatic heterocycles. The first-order valence-electron chi connectivity index (χ1n) is 9.47. The number of aryl methyl sites for hydroxylation is 2. The lowest BCUT2D eigenvalue weighted by atomic mass is 9.93. The molecule has 0 saturated carbocycles. The minimum absolute atomic E-state index is 0.0499. The molecule has 1 heterocycles. The van der Waals surface area contributed by atoms with Gasteiger partial charge in [-0.1, -0.05) is 11.6 Å². The molecule has 1 N–H and O–H groups in total. The number of β-amino-alcohol motifs (C(OH)–C–C–N with tert-alkyl or cyclic N) is 1. The Labute approximate surface area is 175 Å². The maximum atomic E-state index is 14.0. The van der Waals surface area contributed by atoms with Crippen molar-refractivity contribution in [1.82, 2.24) is 4.90 Å². The molecule has 1 amide bonds. The van der Waals surface area contributed by atoms with Gasteiger partial charge in [-0.05, 0) is 68.1 Å². The van der Waals surface area contributed by atoms with Crippen LogP contribution in [0.4, 0.5) is 4.39 Å². The number of hydrogen-bond donors (Lipinski definition) is 1. The number of amides is 1. The van der Waals surface area contributed by atoms with Crippen molar-refractivity contribution in [3.8, 4) is 11.5 Å². The van der Waals surface area contributed by atoms with Crippen molar-refractivity contribution in [2.45, 2.75) is 32.3 Å². The highest BCUT2D eigenvalue weighted by molar-refractivity contribution is 6.32. The molecular formula is C22H25ClFNO4. The largest absolute Gasteiger partial charge is 0.494 e. The number of hydrogen-bond acceptors (Lipinski definition) is 4. The van der Waals surface area contributed by atoms with Crippen LogP contribution < -0.4 is 9.47 Å². The zero-order valence-electron chi connectivity index (χ0n) is 16.8. The smallest absolute Gasteiger partial charge is 0.254 e. The predicted molar refractivity (Wildman–Crippen MR) is 109 cm³/mol. The third-order valence-electron chi connectivity index (χ3n) is 5.16. The van der Waals surface area contributed by atoms with E-state index >= 15 is 0 Å². The van der Waals surface area contributed by atoms with Gasteiger partial charge in [0.1, 0.15) is 18.0 Å². The fourth-order valence-corrected chi connectivity index (χ4v) is 3.70. The maximum absolute atomic E-state index is 14.0. The van der Waals surface area contributed by atoms with Gasteiger partial charge in [0.05, 0.1) is 13.7 Å². The Balaban J connectivity index is 1.69. The summed E-state index contributed by atoms with van der Waals surface area (Å²) in [7, 11) is 1.37. The van der Waals surface area contributed by atoms with E-state index in [2.05, 4.69) is 0 Å². The van der Waals surface area contributed by atoms with Crippen LogP contribution in [0.2, 0.25) is 5.02 Å². The van der Waals surface area contributed by atoms with E-state index in [4.69, 9.17) is 21.1 Å². The Morgan fingerprint density at radius 1 is 1.28 bits per heavy atom. The summed E-state index contributed by atoms with van der Waals surface area (Å²) in [5.74, 6) is -0.220. The molecule has 1 aliphatic rings. The molecule has 0 aliphatic carbocycles. The highest BCUT2D eigenvalue weighted by Gasteiger charge is 2.36. The van der Waals surface area contributed by atoms with E-state index in [9.17, 15) is 14.3 Å². The quantitative estimate of drug-likeness (QED) is 0.787. The van der Waals surface area contributed by atoms with Crippen LogP contribution in [-0.4, -0.2) is 48.3 Å². The number of carbonyl (C=O) groups is 1. The number of carbonyl (C=O) groups excluding carboxylic acids is 1. The van der Waals surface area contributed by atoms with Gasteiger partial charge in [-0.2, -0.15) is 0 Å². The van der Waals surface area contributed by atoms with Crippen LogP contribution in [0.15, 0.2) is 30.3 Å². The van der Waals surface area contributed by atoms with Crippen LogP contribution >= 0.6 is 11.6 Å². The monoisotopic (exact) mass is 421 g/mol. The van der Waals surface area contributed by atoms with Crippen LogP contribution in [0.3, 0.4) is 0 Å². The molecule has 2 aromatic carbocycles. The van der Waals surface area contributed by atoms with Gasteiger partial charge < -0.3 is 19.5 Å². The van der Waals surface area contributed by atoms with Crippen molar-refractivity contribution in [2.75, 3.05) is 26.8 Å². The van der Waals surface area contributed by atoms with Gasteiger partial charge in [0.25, 0.3) is 5.91 Å². The summed E-state index contributed by atoms with van der Waals surface area (Å²) in [6.07, 6.45) is 1.14. The van der Waals surface area contributed by atoms with Gasteiger partial charge in [0.2, 0.25) is 0 Å². The number of benzene rings is 2. The number of methoxy groups -OCH3 is 1. The molecule has 0 spiro atoms. The van der Waals surface area contributed by atoms with Crippen molar-refractivity contribution >= 4 is 17.5 Å². The standard InChI is InChI=1S/C22H25ClFNO4/c1-14-9-17(10-15(2)20(14)23)29-13-22(27)7-4-8-25(12-22)21(26)16-5-6-19(28-3)18(24)11-16/h5-6,9-11,27H,4,7-8,12-13H2,1-3H3. The molecule has 5 nitrogen and oxygen atoms in total. The first-order valence-corrected chi connectivity index (χ1v) is 9.85. The summed E-state index contributed by atoms with van der Waals surface area (Å²) in [6, 6.07) is 7.75. The van der Waals surface area contributed by atoms with Crippen LogP contribution in [0.1, 0.15) is 34.3 Å². The van der Waals surface area contributed by atoms with Gasteiger partial charge in [0.15, 0.2) is 11.6 Å². The van der Waals surface area contributed by atoms with Crippen LogP contribution in [-0.2, 0) is 0 Å². The summed E-state index contributed by atoms with van der Waals surface area (Å²) in [6.45, 7) is 4.45. The predicted octanol–water partition coefficient (Wildman–Crippen LogP) is 4.15. The molecule has 1 unspecified atom stereocenters. The van der Waals surface area contributed by atoms with Crippen LogP contribution in [0, 0.1) is 19.7 Å². The van der Waals surface area contributed by atoms with Gasteiger partial charge in [-0.15, -0.1) is 0 Å². The molecule has 29 heavy (non-hydrogen) atoms. The summed E-state index contributed by atoms with van der Waals surface area (Å²) in [5, 5.41) is 11.7. The lowest BCUT2D eigenvalue weighted by molar-refractivity contribution is -0.0532. The lowest BCUT2D eigenvalue weighted by Gasteiger charge is -2.39. The molecule has 1 atom stereocenters. The molecule has 1 aliphatic heterocycles. The molecule has 7 heteroatoms. The number of likely N-dealkylation sites (tertiary alicyclic amines) is 1. The van der Waals surface area contributed by atoms with E-state index < -0.39 is 11.4 Å². The van der Waals surface area contributed by atoms with E-state index in [-0.39, 0.29) is 30.4 Å². The number of piperidine rings is 1. The van der Waals surface area contributed by atoms with E-state index in [1.807, 2.05) is 26.0 Å². The Morgan fingerprint density at radius 2 is 1.97 bits per heavy atom.